The minimum atomic E-state index is -0.602. The average molecular weight is 361 g/mol. The van der Waals surface area contributed by atoms with Crippen LogP contribution in [0.1, 0.15) is 28.4 Å². The summed E-state index contributed by atoms with van der Waals surface area (Å²) in [5.41, 5.74) is 2.23. The van der Waals surface area contributed by atoms with E-state index in [4.69, 9.17) is 16.3 Å². The number of hydrogen-bond acceptors (Lipinski definition) is 4. The van der Waals surface area contributed by atoms with Crippen LogP contribution >= 0.6 is 11.6 Å². The Morgan fingerprint density at radius 3 is 2.92 bits per heavy atom. The van der Waals surface area contributed by atoms with Gasteiger partial charge in [-0.1, -0.05) is 23.7 Å². The van der Waals surface area contributed by atoms with Crippen molar-refractivity contribution in [1.29, 1.82) is 0 Å². The van der Waals surface area contributed by atoms with Crippen LogP contribution in [0.4, 0.5) is 5.69 Å². The van der Waals surface area contributed by atoms with Crippen molar-refractivity contribution in [1.82, 2.24) is 5.32 Å². The monoisotopic (exact) mass is 360 g/mol. The predicted octanol–water partition coefficient (Wildman–Crippen LogP) is 3.54. The molecule has 1 unspecified atom stereocenters. The summed E-state index contributed by atoms with van der Waals surface area (Å²) in [6, 6.07) is 9.94. The summed E-state index contributed by atoms with van der Waals surface area (Å²) in [7, 11) is 0. The molecule has 0 radical (unpaired) electrons. The minimum absolute atomic E-state index is 0.00922. The zero-order valence-corrected chi connectivity index (χ0v) is 14.4. The fraction of sp³-hybridized carbons (Fsp3) is 0.278. The predicted molar refractivity (Wildman–Crippen MR) is 94.4 cm³/mol. The highest BCUT2D eigenvalue weighted by Gasteiger charge is 2.18. The van der Waals surface area contributed by atoms with Gasteiger partial charge >= 0.3 is 0 Å². The van der Waals surface area contributed by atoms with Crippen molar-refractivity contribution in [2.24, 2.45) is 0 Å². The molecule has 0 spiro atoms. The molecular weight excluding hydrogens is 344 g/mol. The van der Waals surface area contributed by atoms with Gasteiger partial charge in [-0.15, -0.1) is 0 Å². The van der Waals surface area contributed by atoms with Gasteiger partial charge in [0.1, 0.15) is 10.8 Å². The van der Waals surface area contributed by atoms with E-state index in [9.17, 15) is 14.9 Å². The lowest BCUT2D eigenvalue weighted by Gasteiger charge is -2.14. The largest absolute Gasteiger partial charge is 0.493 e. The molecule has 2 aromatic carbocycles. The molecule has 1 N–H and O–H groups in total. The molecule has 1 aliphatic heterocycles. The molecule has 1 heterocycles. The Balaban J connectivity index is 1.66. The number of ether oxygens (including phenoxy) is 1. The molecular formula is C18H17ClN2O4. The maximum atomic E-state index is 12.3. The Morgan fingerprint density at radius 2 is 2.16 bits per heavy atom. The fourth-order valence-electron chi connectivity index (χ4n) is 2.87. The van der Waals surface area contributed by atoms with Crippen LogP contribution in [0.3, 0.4) is 0 Å². The summed E-state index contributed by atoms with van der Waals surface area (Å²) in [6.45, 7) is 2.60. The number of fused-ring (bicyclic) bond motifs is 1. The number of carbonyl (C=O) groups is 1. The second-order valence-electron chi connectivity index (χ2n) is 6.04. The molecule has 0 aliphatic carbocycles. The Bertz CT molecular complexity index is 838. The molecule has 0 saturated heterocycles. The summed E-state index contributed by atoms with van der Waals surface area (Å²) in [5.74, 6) is 0.561. The lowest BCUT2D eigenvalue weighted by molar-refractivity contribution is -0.384. The molecule has 6 nitrogen and oxygen atoms in total. The number of nitro benzene ring substituents is 1. The van der Waals surface area contributed by atoms with Crippen LogP contribution in [0.25, 0.3) is 0 Å². The fourth-order valence-corrected chi connectivity index (χ4v) is 3.06. The molecule has 25 heavy (non-hydrogen) atoms. The van der Waals surface area contributed by atoms with E-state index in [1.54, 1.807) is 0 Å². The van der Waals surface area contributed by atoms with Gasteiger partial charge in [0.15, 0.2) is 0 Å². The van der Waals surface area contributed by atoms with Crippen LogP contribution in [0.2, 0.25) is 5.02 Å². The van der Waals surface area contributed by atoms with E-state index in [2.05, 4.69) is 11.4 Å². The first-order valence-corrected chi connectivity index (χ1v) is 8.31. The van der Waals surface area contributed by atoms with Gasteiger partial charge in [-0.05, 0) is 42.7 Å². The molecule has 0 saturated carbocycles. The summed E-state index contributed by atoms with van der Waals surface area (Å²) in [6.07, 6.45) is 1.56. The number of nitrogens with zero attached hydrogens (tertiary/aromatic N) is 1. The first-order chi connectivity index (χ1) is 11.9. The summed E-state index contributed by atoms with van der Waals surface area (Å²) in [4.78, 5) is 22.7. The van der Waals surface area contributed by atoms with Crippen molar-refractivity contribution < 1.29 is 14.5 Å². The van der Waals surface area contributed by atoms with Crippen LogP contribution in [0, 0.1) is 10.1 Å². The van der Waals surface area contributed by atoms with Gasteiger partial charge in [0.2, 0.25) is 0 Å². The number of carbonyl (C=O) groups excluding carboxylic acids is 1. The normalized spacial score (nSPS) is 13.7. The lowest BCUT2D eigenvalue weighted by Crippen LogP contribution is -2.34. The van der Waals surface area contributed by atoms with E-state index in [-0.39, 0.29) is 28.2 Å². The molecule has 1 aliphatic rings. The second kappa shape index (κ2) is 7.11. The molecule has 0 aromatic heterocycles. The lowest BCUT2D eigenvalue weighted by atomic mass is 10.0. The van der Waals surface area contributed by atoms with Gasteiger partial charge in [0.05, 0.1) is 11.5 Å². The van der Waals surface area contributed by atoms with Crippen LogP contribution in [-0.2, 0) is 12.8 Å². The van der Waals surface area contributed by atoms with E-state index < -0.39 is 4.92 Å². The van der Waals surface area contributed by atoms with Crippen molar-refractivity contribution in [3.8, 4) is 5.75 Å². The third kappa shape index (κ3) is 3.91. The minimum Gasteiger partial charge on any atom is -0.493 e. The number of amides is 1. The highest BCUT2D eigenvalue weighted by atomic mass is 35.5. The zero-order chi connectivity index (χ0) is 18.0. The van der Waals surface area contributed by atoms with Crippen molar-refractivity contribution in [2.75, 3.05) is 6.61 Å². The maximum Gasteiger partial charge on any atom is 0.288 e. The van der Waals surface area contributed by atoms with Crippen LogP contribution in [0.15, 0.2) is 36.4 Å². The van der Waals surface area contributed by atoms with E-state index in [1.807, 2.05) is 19.1 Å². The highest BCUT2D eigenvalue weighted by molar-refractivity contribution is 6.32. The third-order valence-corrected chi connectivity index (χ3v) is 4.40. The van der Waals surface area contributed by atoms with Gasteiger partial charge in [0.25, 0.3) is 11.6 Å². The van der Waals surface area contributed by atoms with E-state index in [0.717, 1.165) is 17.7 Å². The van der Waals surface area contributed by atoms with Crippen molar-refractivity contribution in [2.45, 2.75) is 25.8 Å². The SMILES string of the molecule is CC(Cc1ccc2c(c1)CCO2)NC(=O)c1ccc(Cl)c([N+](=O)[O-])c1. The Hall–Kier alpha value is -2.60. The Kier molecular flexibility index (Phi) is 4.90. The van der Waals surface area contributed by atoms with Crippen LogP contribution in [-0.4, -0.2) is 23.5 Å². The number of rotatable bonds is 5. The van der Waals surface area contributed by atoms with E-state index >= 15 is 0 Å². The summed E-state index contributed by atoms with van der Waals surface area (Å²) < 4.78 is 5.49. The number of benzene rings is 2. The van der Waals surface area contributed by atoms with Gasteiger partial charge in [-0.3, -0.25) is 14.9 Å². The quantitative estimate of drug-likeness (QED) is 0.653. The molecule has 0 fully saturated rings. The first kappa shape index (κ1) is 17.2. The standard InChI is InChI=1S/C18H17ClN2O4/c1-11(8-12-2-5-17-13(9-12)6-7-25-17)20-18(22)14-3-4-15(19)16(10-14)21(23)24/h2-5,9-11H,6-8H2,1H3,(H,20,22). The average Bonchev–Trinajstić information content (AvgIpc) is 3.02. The van der Waals surface area contributed by atoms with Crippen molar-refractivity contribution in [3.63, 3.8) is 0 Å². The zero-order valence-electron chi connectivity index (χ0n) is 13.6. The molecule has 1 amide bonds. The number of hydrogen-bond donors (Lipinski definition) is 1. The van der Waals surface area contributed by atoms with Crippen LogP contribution in [0.5, 0.6) is 5.75 Å². The van der Waals surface area contributed by atoms with Gasteiger partial charge < -0.3 is 10.1 Å². The number of nitro groups is 1. The summed E-state index contributed by atoms with van der Waals surface area (Å²) in [5, 5.41) is 13.8. The molecule has 2 aromatic rings. The Morgan fingerprint density at radius 1 is 1.36 bits per heavy atom. The van der Waals surface area contributed by atoms with Crippen LogP contribution < -0.4 is 10.1 Å². The highest BCUT2D eigenvalue weighted by Crippen LogP contribution is 2.27. The molecule has 7 heteroatoms. The van der Waals surface area contributed by atoms with E-state index in [1.165, 1.54) is 23.8 Å². The molecule has 130 valence electrons. The first-order valence-electron chi connectivity index (χ1n) is 7.93. The van der Waals surface area contributed by atoms with Crippen molar-refractivity contribution in [3.05, 3.63) is 68.2 Å². The van der Waals surface area contributed by atoms with Crippen molar-refractivity contribution >= 4 is 23.2 Å². The van der Waals surface area contributed by atoms with E-state index in [0.29, 0.717) is 13.0 Å². The Labute approximate surface area is 149 Å². The topological polar surface area (TPSA) is 81.5 Å². The third-order valence-electron chi connectivity index (χ3n) is 4.08. The number of nitrogens with one attached hydrogen (secondary N) is 1. The molecule has 1 atom stereocenters. The van der Waals surface area contributed by atoms with Gasteiger partial charge in [-0.2, -0.15) is 0 Å². The van der Waals surface area contributed by atoms with Gasteiger partial charge in [-0.25, -0.2) is 0 Å². The smallest absolute Gasteiger partial charge is 0.288 e. The second-order valence-corrected chi connectivity index (χ2v) is 6.45. The molecule has 3 rings (SSSR count). The molecule has 0 bridgehead atoms. The number of halogens is 1. The summed E-state index contributed by atoms with van der Waals surface area (Å²) >= 11 is 5.77. The maximum absolute atomic E-state index is 12.3. The van der Waals surface area contributed by atoms with Gasteiger partial charge in [0, 0.05) is 24.1 Å².